The Hall–Kier alpha value is -0.220. The molecule has 2 aromatic carbocycles. The molecule has 20 heavy (non-hydrogen) atoms. The quantitative estimate of drug-likeness (QED) is 0.493. The van der Waals surface area contributed by atoms with Crippen LogP contribution in [-0.4, -0.2) is 7.11 Å². The van der Waals surface area contributed by atoms with Gasteiger partial charge in [0.05, 0.1) is 17.0 Å². The van der Waals surface area contributed by atoms with E-state index in [1.165, 1.54) is 0 Å². The minimum absolute atomic E-state index is 0.0316. The average Bonchev–Trinajstić information content (AvgIpc) is 2.43. The maximum Gasteiger partial charge on any atom is 0.138 e. The van der Waals surface area contributed by atoms with E-state index in [2.05, 4.69) is 44.8 Å². The smallest absolute Gasteiger partial charge is 0.138 e. The van der Waals surface area contributed by atoms with E-state index in [4.69, 9.17) is 27.9 Å². The minimum atomic E-state index is -0.0316. The third-order valence-corrected chi connectivity index (χ3v) is 5.60. The van der Waals surface area contributed by atoms with Crippen molar-refractivity contribution in [3.8, 4) is 5.75 Å². The molecular weight excluding hydrogens is 427 g/mol. The first-order valence-electron chi connectivity index (χ1n) is 5.87. The van der Waals surface area contributed by atoms with Crippen molar-refractivity contribution in [2.45, 2.75) is 11.8 Å². The molecule has 1 unspecified atom stereocenters. The van der Waals surface area contributed by atoms with Gasteiger partial charge in [0.1, 0.15) is 5.75 Å². The normalized spacial score (nSPS) is 12.3. The monoisotopic (exact) mass is 436 g/mol. The fraction of sp³-hybridized carbons (Fsp3) is 0.200. The summed E-state index contributed by atoms with van der Waals surface area (Å²) in [6, 6.07) is 9.65. The van der Waals surface area contributed by atoms with E-state index in [0.29, 0.717) is 15.8 Å². The van der Waals surface area contributed by atoms with Gasteiger partial charge >= 0.3 is 0 Å². The van der Waals surface area contributed by atoms with Gasteiger partial charge in [-0.1, -0.05) is 67.2 Å². The van der Waals surface area contributed by atoms with E-state index >= 15 is 0 Å². The molecule has 0 saturated heterocycles. The SMILES string of the molecule is COc1cc(Cl)c(C(Br)c2cccc(Br)c2C)cc1Cl. The summed E-state index contributed by atoms with van der Waals surface area (Å²) in [6.07, 6.45) is 0. The Kier molecular flexibility index (Phi) is 5.41. The van der Waals surface area contributed by atoms with E-state index in [1.54, 1.807) is 13.2 Å². The Labute approximate surface area is 145 Å². The Morgan fingerprint density at radius 3 is 2.45 bits per heavy atom. The molecule has 0 radical (unpaired) electrons. The maximum atomic E-state index is 6.34. The van der Waals surface area contributed by atoms with Gasteiger partial charge in [-0.05, 0) is 35.7 Å². The molecule has 0 aromatic heterocycles. The number of alkyl halides is 1. The molecule has 0 aliphatic heterocycles. The molecule has 0 bridgehead atoms. The summed E-state index contributed by atoms with van der Waals surface area (Å²) >= 11 is 19.8. The summed E-state index contributed by atoms with van der Waals surface area (Å²) in [4.78, 5) is -0.0316. The second kappa shape index (κ2) is 6.69. The molecule has 0 N–H and O–H groups in total. The van der Waals surface area contributed by atoms with Crippen LogP contribution in [0.2, 0.25) is 10.0 Å². The van der Waals surface area contributed by atoms with Crippen molar-refractivity contribution in [1.82, 2.24) is 0 Å². The number of rotatable bonds is 3. The number of hydrogen-bond acceptors (Lipinski definition) is 1. The van der Waals surface area contributed by atoms with Crippen LogP contribution in [0.25, 0.3) is 0 Å². The molecule has 0 spiro atoms. The van der Waals surface area contributed by atoms with Crippen LogP contribution in [0, 0.1) is 6.92 Å². The third kappa shape index (κ3) is 3.16. The van der Waals surface area contributed by atoms with Crippen molar-refractivity contribution in [3.05, 3.63) is 61.5 Å². The predicted octanol–water partition coefficient (Wildman–Crippen LogP) is 6.56. The molecule has 2 rings (SSSR count). The van der Waals surface area contributed by atoms with E-state index < -0.39 is 0 Å². The van der Waals surface area contributed by atoms with E-state index in [1.807, 2.05) is 18.2 Å². The van der Waals surface area contributed by atoms with Gasteiger partial charge < -0.3 is 4.74 Å². The first-order valence-corrected chi connectivity index (χ1v) is 8.34. The third-order valence-electron chi connectivity index (χ3n) is 3.13. The van der Waals surface area contributed by atoms with Crippen LogP contribution in [0.5, 0.6) is 5.75 Å². The molecule has 106 valence electrons. The second-order valence-corrected chi connectivity index (χ2v) is 6.91. The highest BCUT2D eigenvalue weighted by molar-refractivity contribution is 9.10. The zero-order valence-electron chi connectivity index (χ0n) is 10.9. The van der Waals surface area contributed by atoms with Gasteiger partial charge in [0.25, 0.3) is 0 Å². The highest BCUT2D eigenvalue weighted by atomic mass is 79.9. The molecule has 0 aliphatic carbocycles. The van der Waals surface area contributed by atoms with Crippen molar-refractivity contribution >= 4 is 55.1 Å². The fourth-order valence-electron chi connectivity index (χ4n) is 1.96. The molecule has 1 atom stereocenters. The van der Waals surface area contributed by atoms with Crippen molar-refractivity contribution in [2.75, 3.05) is 7.11 Å². The number of methoxy groups -OCH3 is 1. The lowest BCUT2D eigenvalue weighted by Crippen LogP contribution is -1.98. The largest absolute Gasteiger partial charge is 0.495 e. The Bertz CT molecular complexity index is 644. The van der Waals surface area contributed by atoms with Gasteiger partial charge in [0, 0.05) is 15.6 Å². The van der Waals surface area contributed by atoms with Gasteiger partial charge in [-0.15, -0.1) is 0 Å². The lowest BCUT2D eigenvalue weighted by molar-refractivity contribution is 0.415. The summed E-state index contributed by atoms with van der Waals surface area (Å²) in [5, 5.41) is 1.16. The molecule has 5 heteroatoms. The number of benzene rings is 2. The molecule has 2 aromatic rings. The molecule has 1 nitrogen and oxygen atoms in total. The second-order valence-electron chi connectivity index (χ2n) is 4.32. The van der Waals surface area contributed by atoms with Gasteiger partial charge in [-0.3, -0.25) is 0 Å². The number of hydrogen-bond donors (Lipinski definition) is 0. The van der Waals surface area contributed by atoms with Crippen LogP contribution in [-0.2, 0) is 0 Å². The topological polar surface area (TPSA) is 9.23 Å². The van der Waals surface area contributed by atoms with Crippen LogP contribution in [0.4, 0.5) is 0 Å². The number of ether oxygens (including phenoxy) is 1. The Morgan fingerprint density at radius 2 is 1.80 bits per heavy atom. The van der Waals surface area contributed by atoms with Crippen molar-refractivity contribution in [1.29, 1.82) is 0 Å². The minimum Gasteiger partial charge on any atom is -0.495 e. The van der Waals surface area contributed by atoms with Crippen molar-refractivity contribution in [3.63, 3.8) is 0 Å². The van der Waals surface area contributed by atoms with Crippen LogP contribution >= 0.6 is 55.1 Å². The fourth-order valence-corrected chi connectivity index (χ4v) is 3.86. The molecule has 0 fully saturated rings. The molecule has 0 heterocycles. The Balaban J connectivity index is 2.51. The van der Waals surface area contributed by atoms with E-state index in [9.17, 15) is 0 Å². The summed E-state index contributed by atoms with van der Waals surface area (Å²) in [6.45, 7) is 2.06. The maximum absolute atomic E-state index is 6.34. The van der Waals surface area contributed by atoms with Gasteiger partial charge in [0.2, 0.25) is 0 Å². The van der Waals surface area contributed by atoms with Crippen LogP contribution in [0.15, 0.2) is 34.8 Å². The van der Waals surface area contributed by atoms with Gasteiger partial charge in [0.15, 0.2) is 0 Å². The van der Waals surface area contributed by atoms with E-state index in [-0.39, 0.29) is 4.83 Å². The summed E-state index contributed by atoms with van der Waals surface area (Å²) in [5.41, 5.74) is 3.22. The Morgan fingerprint density at radius 1 is 1.10 bits per heavy atom. The molecule has 0 saturated carbocycles. The first kappa shape index (κ1) is 16.2. The lowest BCUT2D eigenvalue weighted by atomic mass is 10.0. The summed E-state index contributed by atoms with van der Waals surface area (Å²) in [7, 11) is 1.57. The molecular formula is C15H12Br2Cl2O. The highest BCUT2D eigenvalue weighted by Crippen LogP contribution is 2.41. The average molecular weight is 439 g/mol. The standard InChI is InChI=1S/C15H12Br2Cl2O/c1-8-9(4-3-5-11(8)16)15(17)10-6-13(19)14(20-2)7-12(10)18/h3-7,15H,1-2H3. The number of halogens is 4. The zero-order chi connectivity index (χ0) is 14.9. The molecule has 0 amide bonds. The lowest BCUT2D eigenvalue weighted by Gasteiger charge is -2.17. The summed E-state index contributed by atoms with van der Waals surface area (Å²) in [5.74, 6) is 0.575. The van der Waals surface area contributed by atoms with E-state index in [0.717, 1.165) is 21.2 Å². The highest BCUT2D eigenvalue weighted by Gasteiger charge is 2.19. The predicted molar refractivity (Wildman–Crippen MR) is 92.7 cm³/mol. The van der Waals surface area contributed by atoms with Crippen molar-refractivity contribution in [2.24, 2.45) is 0 Å². The van der Waals surface area contributed by atoms with Crippen LogP contribution in [0.3, 0.4) is 0 Å². The van der Waals surface area contributed by atoms with Crippen LogP contribution < -0.4 is 4.74 Å². The van der Waals surface area contributed by atoms with Gasteiger partial charge in [-0.2, -0.15) is 0 Å². The summed E-state index contributed by atoms with van der Waals surface area (Å²) < 4.78 is 6.23. The van der Waals surface area contributed by atoms with Gasteiger partial charge in [-0.25, -0.2) is 0 Å². The van der Waals surface area contributed by atoms with Crippen molar-refractivity contribution < 1.29 is 4.74 Å². The zero-order valence-corrected chi connectivity index (χ0v) is 15.6. The first-order chi connectivity index (χ1) is 9.45. The van der Waals surface area contributed by atoms with Crippen LogP contribution in [0.1, 0.15) is 21.5 Å². The molecule has 0 aliphatic rings.